The molecule has 1 saturated carbocycles. The summed E-state index contributed by atoms with van der Waals surface area (Å²) < 4.78 is 31.3. The quantitative estimate of drug-likeness (QED) is 0.465. The molecule has 1 aliphatic rings. The van der Waals surface area contributed by atoms with Crippen LogP contribution in [0.5, 0.6) is 11.5 Å². The molecule has 0 spiro atoms. The second-order valence-corrected chi connectivity index (χ2v) is 8.86. The molecule has 186 valence electrons. The third-order valence-corrected chi connectivity index (χ3v) is 6.56. The van der Waals surface area contributed by atoms with Crippen molar-refractivity contribution < 1.29 is 23.4 Å². The predicted octanol–water partition coefficient (Wildman–Crippen LogP) is 4.97. The van der Waals surface area contributed by atoms with Crippen molar-refractivity contribution in [1.29, 1.82) is 0 Å². The first kappa shape index (κ1) is 24.9. The summed E-state index contributed by atoms with van der Waals surface area (Å²) in [7, 11) is 4.91. The first-order valence-electron chi connectivity index (χ1n) is 11.4. The summed E-state index contributed by atoms with van der Waals surface area (Å²) in [4.78, 5) is 22.5. The Kier molecular flexibility index (Phi) is 7.87. The highest BCUT2D eigenvalue weighted by molar-refractivity contribution is 6.31. The van der Waals surface area contributed by atoms with Gasteiger partial charge in [-0.25, -0.2) is 14.4 Å². The number of hydrogen-bond donors (Lipinski definition) is 1. The van der Waals surface area contributed by atoms with Crippen LogP contribution in [0.25, 0.3) is 10.9 Å². The average Bonchev–Trinajstić information content (AvgIpc) is 2.87. The SMILES string of the molecule is COCC(=O)N(C)[C@H]1CC[C@H](Oc2cc3c(Nc4cccc(Cl)c4F)ncnc3cc2OC)CC1. The van der Waals surface area contributed by atoms with Crippen molar-refractivity contribution in [1.82, 2.24) is 14.9 Å². The van der Waals surface area contributed by atoms with E-state index in [1.807, 2.05) is 7.05 Å². The summed E-state index contributed by atoms with van der Waals surface area (Å²) in [6.07, 6.45) is 4.61. The number of halogens is 2. The molecule has 1 amide bonds. The summed E-state index contributed by atoms with van der Waals surface area (Å²) in [5.41, 5.74) is 0.831. The monoisotopic (exact) mass is 502 g/mol. The van der Waals surface area contributed by atoms with Crippen molar-refractivity contribution in [2.45, 2.75) is 37.8 Å². The molecule has 0 atom stereocenters. The predicted molar refractivity (Wildman–Crippen MR) is 132 cm³/mol. The van der Waals surface area contributed by atoms with Gasteiger partial charge in [0, 0.05) is 31.7 Å². The lowest BCUT2D eigenvalue weighted by Crippen LogP contribution is -2.42. The van der Waals surface area contributed by atoms with Crippen LogP contribution in [0.4, 0.5) is 15.9 Å². The lowest BCUT2D eigenvalue weighted by Gasteiger charge is -2.34. The highest BCUT2D eigenvalue weighted by atomic mass is 35.5. The number of carbonyl (C=O) groups excluding carboxylic acids is 1. The second kappa shape index (κ2) is 11.0. The smallest absolute Gasteiger partial charge is 0.248 e. The standard InChI is InChI=1S/C25H28ClFN4O4/c1-31(23(32)13-33-2)15-7-9-16(10-8-15)35-22-11-17-20(12-21(22)34-3)28-14-29-25(17)30-19-6-4-5-18(26)24(19)27/h4-6,11-12,14-16H,7-10,13H2,1-3H3,(H,28,29,30)/t15-,16-. The molecule has 0 bridgehead atoms. The van der Waals surface area contributed by atoms with Gasteiger partial charge in [-0.2, -0.15) is 0 Å². The van der Waals surface area contributed by atoms with Crippen molar-refractivity contribution in [3.63, 3.8) is 0 Å². The van der Waals surface area contributed by atoms with Gasteiger partial charge in [-0.15, -0.1) is 0 Å². The van der Waals surface area contributed by atoms with E-state index in [0.717, 1.165) is 25.7 Å². The van der Waals surface area contributed by atoms with Gasteiger partial charge in [0.05, 0.1) is 29.4 Å². The van der Waals surface area contributed by atoms with Crippen LogP contribution in [0.1, 0.15) is 25.7 Å². The van der Waals surface area contributed by atoms with E-state index in [4.69, 9.17) is 25.8 Å². The Labute approximate surface area is 208 Å². The van der Waals surface area contributed by atoms with Gasteiger partial charge in [0.1, 0.15) is 18.8 Å². The second-order valence-electron chi connectivity index (χ2n) is 8.45. The van der Waals surface area contributed by atoms with Gasteiger partial charge in [0.15, 0.2) is 17.3 Å². The molecule has 1 fully saturated rings. The fourth-order valence-electron chi connectivity index (χ4n) is 4.30. The molecule has 1 heterocycles. The largest absolute Gasteiger partial charge is 0.493 e. The Morgan fingerprint density at radius 2 is 1.94 bits per heavy atom. The van der Waals surface area contributed by atoms with E-state index in [0.29, 0.717) is 28.2 Å². The number of likely N-dealkylation sites (N-methyl/N-ethyl adjacent to an activating group) is 1. The molecule has 3 aromatic rings. The van der Waals surface area contributed by atoms with Gasteiger partial charge in [0.25, 0.3) is 0 Å². The number of fused-ring (bicyclic) bond motifs is 1. The van der Waals surface area contributed by atoms with E-state index >= 15 is 0 Å². The van der Waals surface area contributed by atoms with Gasteiger partial charge in [-0.3, -0.25) is 4.79 Å². The van der Waals surface area contributed by atoms with Crippen LogP contribution in [-0.2, 0) is 9.53 Å². The van der Waals surface area contributed by atoms with E-state index < -0.39 is 5.82 Å². The first-order valence-corrected chi connectivity index (χ1v) is 11.7. The van der Waals surface area contributed by atoms with E-state index in [1.165, 1.54) is 19.5 Å². The lowest BCUT2D eigenvalue weighted by molar-refractivity contribution is -0.136. The number of hydrogen-bond acceptors (Lipinski definition) is 7. The van der Waals surface area contributed by atoms with Crippen LogP contribution in [-0.4, -0.2) is 60.8 Å². The molecule has 1 aromatic heterocycles. The fraction of sp³-hybridized carbons (Fsp3) is 0.400. The van der Waals surface area contributed by atoms with Crippen LogP contribution >= 0.6 is 11.6 Å². The van der Waals surface area contributed by atoms with Crippen LogP contribution < -0.4 is 14.8 Å². The minimum atomic E-state index is -0.559. The number of ether oxygens (including phenoxy) is 3. The number of aromatic nitrogens is 2. The zero-order valence-corrected chi connectivity index (χ0v) is 20.6. The molecule has 8 nitrogen and oxygen atoms in total. The summed E-state index contributed by atoms with van der Waals surface area (Å²) >= 11 is 5.92. The van der Waals surface area contributed by atoms with E-state index in [2.05, 4.69) is 15.3 Å². The maximum atomic E-state index is 14.5. The number of rotatable bonds is 8. The molecule has 1 aliphatic carbocycles. The van der Waals surface area contributed by atoms with E-state index in [1.54, 1.807) is 36.3 Å². The van der Waals surface area contributed by atoms with Crippen LogP contribution in [0.3, 0.4) is 0 Å². The molecular formula is C25H28ClFN4O4. The molecule has 0 unspecified atom stereocenters. The Hall–Kier alpha value is -3.17. The molecule has 35 heavy (non-hydrogen) atoms. The number of methoxy groups -OCH3 is 2. The summed E-state index contributed by atoms with van der Waals surface area (Å²) in [5.74, 6) is 0.939. The van der Waals surface area contributed by atoms with Crippen LogP contribution in [0, 0.1) is 5.82 Å². The van der Waals surface area contributed by atoms with Gasteiger partial charge in [-0.05, 0) is 43.9 Å². The molecule has 0 aliphatic heterocycles. The zero-order chi connectivity index (χ0) is 24.9. The highest BCUT2D eigenvalue weighted by Crippen LogP contribution is 2.37. The molecule has 2 aromatic carbocycles. The number of nitrogens with zero attached hydrogens (tertiary/aromatic N) is 3. The summed E-state index contributed by atoms with van der Waals surface area (Å²) in [6.45, 7) is 0.0821. The summed E-state index contributed by atoms with van der Waals surface area (Å²) in [6, 6.07) is 8.46. The first-order chi connectivity index (χ1) is 16.9. The number of anilines is 2. The van der Waals surface area contributed by atoms with Gasteiger partial charge < -0.3 is 24.4 Å². The third kappa shape index (κ3) is 5.57. The summed E-state index contributed by atoms with van der Waals surface area (Å²) in [5, 5.41) is 3.68. The van der Waals surface area contributed by atoms with Gasteiger partial charge in [-0.1, -0.05) is 17.7 Å². The molecule has 0 saturated heterocycles. The molecule has 1 N–H and O–H groups in total. The van der Waals surface area contributed by atoms with E-state index in [-0.39, 0.29) is 35.4 Å². The molecule has 4 rings (SSSR count). The average molecular weight is 503 g/mol. The van der Waals surface area contributed by atoms with Crippen molar-refractivity contribution >= 4 is 39.9 Å². The van der Waals surface area contributed by atoms with Gasteiger partial charge in [0.2, 0.25) is 5.91 Å². The Bertz CT molecular complexity index is 1200. The fourth-order valence-corrected chi connectivity index (χ4v) is 4.48. The number of benzene rings is 2. The molecular weight excluding hydrogens is 475 g/mol. The lowest BCUT2D eigenvalue weighted by atomic mass is 9.92. The Balaban J connectivity index is 1.54. The van der Waals surface area contributed by atoms with E-state index in [9.17, 15) is 9.18 Å². The molecule has 10 heteroatoms. The highest BCUT2D eigenvalue weighted by Gasteiger charge is 2.28. The topological polar surface area (TPSA) is 85.8 Å². The number of nitrogens with one attached hydrogen (secondary N) is 1. The van der Waals surface area contributed by atoms with Crippen molar-refractivity contribution in [2.75, 3.05) is 33.2 Å². The normalized spacial score (nSPS) is 17.7. The Morgan fingerprint density at radius 1 is 1.17 bits per heavy atom. The number of carbonyl (C=O) groups is 1. The number of amides is 1. The minimum Gasteiger partial charge on any atom is -0.493 e. The van der Waals surface area contributed by atoms with Crippen LogP contribution in [0.2, 0.25) is 5.02 Å². The minimum absolute atomic E-state index is 0.0178. The van der Waals surface area contributed by atoms with Crippen molar-refractivity contribution in [2.24, 2.45) is 0 Å². The van der Waals surface area contributed by atoms with Crippen LogP contribution in [0.15, 0.2) is 36.7 Å². The zero-order valence-electron chi connectivity index (χ0n) is 19.9. The Morgan fingerprint density at radius 3 is 2.66 bits per heavy atom. The maximum Gasteiger partial charge on any atom is 0.248 e. The maximum absolute atomic E-state index is 14.5. The third-order valence-electron chi connectivity index (χ3n) is 6.27. The molecule has 0 radical (unpaired) electrons. The van der Waals surface area contributed by atoms with Crippen molar-refractivity contribution in [3.8, 4) is 11.5 Å². The van der Waals surface area contributed by atoms with Crippen molar-refractivity contribution in [3.05, 3.63) is 47.5 Å². The van der Waals surface area contributed by atoms with Gasteiger partial charge >= 0.3 is 0 Å².